The molecular formula is C20H22N2O3S. The van der Waals surface area contributed by atoms with E-state index in [0.29, 0.717) is 10.7 Å². The molecule has 0 saturated heterocycles. The number of ether oxygens (including phenoxy) is 2. The van der Waals surface area contributed by atoms with Crippen LogP contribution in [0.2, 0.25) is 0 Å². The first kappa shape index (κ1) is 18.2. The Kier molecular flexibility index (Phi) is 5.13. The minimum Gasteiger partial charge on any atom is -0.487 e. The standard InChI is InChI=1S/C20H22N2O3S/c1-20(2)12-16(15-9-4-5-10-17(15)25-20)22-19(26)21-14-8-6-7-13(11-14)18(23)24-3/h4-11,16H,12H2,1-3H3,(H2,21,22,26)/t16-/m0/s1. The van der Waals surface area contributed by atoms with Crippen LogP contribution < -0.4 is 15.4 Å². The molecule has 0 amide bonds. The summed E-state index contributed by atoms with van der Waals surface area (Å²) in [6, 6.07) is 15.1. The van der Waals surface area contributed by atoms with E-state index in [-0.39, 0.29) is 17.6 Å². The van der Waals surface area contributed by atoms with Gasteiger partial charge in [-0.15, -0.1) is 0 Å². The molecule has 0 aromatic heterocycles. The van der Waals surface area contributed by atoms with Crippen LogP contribution in [0, 0.1) is 0 Å². The van der Waals surface area contributed by atoms with E-state index in [0.717, 1.165) is 23.4 Å². The van der Waals surface area contributed by atoms with E-state index in [9.17, 15) is 4.79 Å². The van der Waals surface area contributed by atoms with Crippen LogP contribution in [0.15, 0.2) is 48.5 Å². The van der Waals surface area contributed by atoms with Gasteiger partial charge in [0.15, 0.2) is 5.11 Å². The lowest BCUT2D eigenvalue weighted by Gasteiger charge is -2.38. The summed E-state index contributed by atoms with van der Waals surface area (Å²) in [5.41, 5.74) is 1.99. The molecule has 0 bridgehead atoms. The zero-order valence-electron chi connectivity index (χ0n) is 15.0. The number of fused-ring (bicyclic) bond motifs is 1. The Morgan fingerprint density at radius 2 is 2.00 bits per heavy atom. The van der Waals surface area contributed by atoms with Crippen LogP contribution in [0.3, 0.4) is 0 Å². The Hall–Kier alpha value is -2.60. The molecule has 6 heteroatoms. The first-order chi connectivity index (χ1) is 12.4. The number of thiocarbonyl (C=S) groups is 1. The number of carbonyl (C=O) groups excluding carboxylic acids is 1. The third-order valence-electron chi connectivity index (χ3n) is 4.22. The summed E-state index contributed by atoms with van der Waals surface area (Å²) in [4.78, 5) is 11.7. The van der Waals surface area contributed by atoms with E-state index in [2.05, 4.69) is 24.5 Å². The highest BCUT2D eigenvalue weighted by Gasteiger charge is 2.33. The Bertz CT molecular complexity index is 835. The van der Waals surface area contributed by atoms with Gasteiger partial charge in [0.2, 0.25) is 0 Å². The number of hydrogen-bond donors (Lipinski definition) is 2. The predicted molar refractivity (Wildman–Crippen MR) is 106 cm³/mol. The number of hydrogen-bond acceptors (Lipinski definition) is 4. The van der Waals surface area contributed by atoms with Crippen molar-refractivity contribution in [3.05, 3.63) is 59.7 Å². The van der Waals surface area contributed by atoms with Gasteiger partial charge < -0.3 is 20.1 Å². The van der Waals surface area contributed by atoms with Crippen molar-refractivity contribution in [1.82, 2.24) is 5.32 Å². The number of methoxy groups -OCH3 is 1. The topological polar surface area (TPSA) is 59.6 Å². The van der Waals surface area contributed by atoms with E-state index in [4.69, 9.17) is 21.7 Å². The molecule has 0 unspecified atom stereocenters. The Labute approximate surface area is 158 Å². The molecule has 26 heavy (non-hydrogen) atoms. The van der Waals surface area contributed by atoms with Gasteiger partial charge in [0.25, 0.3) is 0 Å². The summed E-state index contributed by atoms with van der Waals surface area (Å²) in [5, 5.41) is 6.99. The van der Waals surface area contributed by atoms with Gasteiger partial charge in [-0.2, -0.15) is 0 Å². The zero-order valence-corrected chi connectivity index (χ0v) is 15.9. The number of rotatable bonds is 3. The molecule has 1 heterocycles. The van der Waals surface area contributed by atoms with Gasteiger partial charge in [0, 0.05) is 17.7 Å². The van der Waals surface area contributed by atoms with Crippen molar-refractivity contribution in [2.75, 3.05) is 12.4 Å². The van der Waals surface area contributed by atoms with Crippen molar-refractivity contribution in [2.45, 2.75) is 31.9 Å². The van der Waals surface area contributed by atoms with Crippen LogP contribution in [-0.4, -0.2) is 23.8 Å². The summed E-state index contributed by atoms with van der Waals surface area (Å²) in [6.07, 6.45) is 0.786. The molecular weight excluding hydrogens is 348 g/mol. The lowest BCUT2D eigenvalue weighted by atomic mass is 9.90. The molecule has 2 N–H and O–H groups in total. The van der Waals surface area contributed by atoms with Gasteiger partial charge in [0.1, 0.15) is 11.4 Å². The first-order valence-electron chi connectivity index (χ1n) is 8.42. The van der Waals surface area contributed by atoms with Crippen molar-refractivity contribution < 1.29 is 14.3 Å². The fraction of sp³-hybridized carbons (Fsp3) is 0.300. The molecule has 3 rings (SSSR count). The number of benzene rings is 2. The van der Waals surface area contributed by atoms with Crippen LogP contribution in [0.5, 0.6) is 5.75 Å². The van der Waals surface area contributed by atoms with Crippen molar-refractivity contribution in [2.24, 2.45) is 0 Å². The molecule has 0 radical (unpaired) electrons. The Morgan fingerprint density at radius 1 is 1.23 bits per heavy atom. The van der Waals surface area contributed by atoms with E-state index in [1.807, 2.05) is 30.3 Å². The minimum atomic E-state index is -0.382. The van der Waals surface area contributed by atoms with Crippen LogP contribution >= 0.6 is 12.2 Å². The molecule has 0 saturated carbocycles. The van der Waals surface area contributed by atoms with Crippen LogP contribution in [0.25, 0.3) is 0 Å². The predicted octanol–water partition coefficient (Wildman–Crippen LogP) is 4.06. The highest BCUT2D eigenvalue weighted by molar-refractivity contribution is 7.80. The smallest absolute Gasteiger partial charge is 0.337 e. The zero-order chi connectivity index (χ0) is 18.7. The minimum absolute atomic E-state index is 0.0405. The van der Waals surface area contributed by atoms with Gasteiger partial charge in [-0.25, -0.2) is 4.79 Å². The number of anilines is 1. The van der Waals surface area contributed by atoms with Crippen molar-refractivity contribution in [3.63, 3.8) is 0 Å². The van der Waals surface area contributed by atoms with Crippen molar-refractivity contribution in [1.29, 1.82) is 0 Å². The van der Waals surface area contributed by atoms with Crippen LogP contribution in [0.4, 0.5) is 5.69 Å². The van der Waals surface area contributed by atoms with Crippen molar-refractivity contribution >= 4 is 29.0 Å². The normalized spacial score (nSPS) is 17.4. The number of esters is 1. The summed E-state index contributed by atoms with van der Waals surface area (Å²) < 4.78 is 10.8. The second-order valence-electron chi connectivity index (χ2n) is 6.83. The lowest BCUT2D eigenvalue weighted by Crippen LogP contribution is -2.42. The quantitative estimate of drug-likeness (QED) is 0.628. The summed E-state index contributed by atoms with van der Waals surface area (Å²) in [5.74, 6) is 0.490. The first-order valence-corrected chi connectivity index (χ1v) is 8.82. The largest absolute Gasteiger partial charge is 0.487 e. The average molecular weight is 370 g/mol. The van der Waals surface area contributed by atoms with E-state index >= 15 is 0 Å². The third kappa shape index (κ3) is 4.14. The maximum absolute atomic E-state index is 11.7. The van der Waals surface area contributed by atoms with Gasteiger partial charge in [-0.3, -0.25) is 0 Å². The van der Waals surface area contributed by atoms with Crippen LogP contribution in [-0.2, 0) is 4.74 Å². The molecule has 1 aliphatic heterocycles. The van der Waals surface area contributed by atoms with Gasteiger partial charge in [0.05, 0.1) is 18.7 Å². The number of carbonyl (C=O) groups is 1. The fourth-order valence-corrected chi connectivity index (χ4v) is 3.36. The molecule has 2 aromatic rings. The van der Waals surface area contributed by atoms with E-state index < -0.39 is 0 Å². The second-order valence-corrected chi connectivity index (χ2v) is 7.24. The molecule has 2 aromatic carbocycles. The number of para-hydroxylation sites is 1. The van der Waals surface area contributed by atoms with Crippen molar-refractivity contribution in [3.8, 4) is 5.75 Å². The summed E-state index contributed by atoms with van der Waals surface area (Å²) in [6.45, 7) is 4.13. The molecule has 0 fully saturated rings. The Morgan fingerprint density at radius 3 is 2.77 bits per heavy atom. The molecule has 0 aliphatic carbocycles. The molecule has 136 valence electrons. The third-order valence-corrected chi connectivity index (χ3v) is 4.44. The second kappa shape index (κ2) is 7.33. The van der Waals surface area contributed by atoms with Gasteiger partial charge >= 0.3 is 5.97 Å². The monoisotopic (exact) mass is 370 g/mol. The van der Waals surface area contributed by atoms with Crippen LogP contribution in [0.1, 0.15) is 42.2 Å². The highest BCUT2D eigenvalue weighted by Crippen LogP contribution is 2.39. The van der Waals surface area contributed by atoms with Gasteiger partial charge in [-0.05, 0) is 50.3 Å². The molecule has 1 atom stereocenters. The van der Waals surface area contributed by atoms with E-state index in [1.54, 1.807) is 18.2 Å². The van der Waals surface area contributed by atoms with Gasteiger partial charge in [-0.1, -0.05) is 24.3 Å². The molecule has 0 spiro atoms. The number of nitrogens with one attached hydrogen (secondary N) is 2. The molecule has 5 nitrogen and oxygen atoms in total. The summed E-state index contributed by atoms with van der Waals surface area (Å²) >= 11 is 5.48. The highest BCUT2D eigenvalue weighted by atomic mass is 32.1. The maximum atomic E-state index is 11.7. The lowest BCUT2D eigenvalue weighted by molar-refractivity contribution is 0.0600. The van der Waals surface area contributed by atoms with E-state index in [1.165, 1.54) is 7.11 Å². The average Bonchev–Trinajstić information content (AvgIpc) is 2.60. The summed E-state index contributed by atoms with van der Waals surface area (Å²) in [7, 11) is 1.36. The Balaban J connectivity index is 1.73. The maximum Gasteiger partial charge on any atom is 0.337 e. The SMILES string of the molecule is COC(=O)c1cccc(NC(=S)N[C@H]2CC(C)(C)Oc3ccccc32)c1. The molecule has 1 aliphatic rings. The fourth-order valence-electron chi connectivity index (χ4n) is 3.10.